The second-order valence-corrected chi connectivity index (χ2v) is 13.7. The molecule has 10 aromatic rings. The molecule has 55 heavy (non-hydrogen) atoms. The van der Waals surface area contributed by atoms with Crippen LogP contribution in [0.15, 0.2) is 205 Å². The third-order valence-corrected chi connectivity index (χ3v) is 10.2. The van der Waals surface area contributed by atoms with Gasteiger partial charge >= 0.3 is 0 Å². The monoisotopic (exact) mass is 703 g/mol. The predicted octanol–water partition coefficient (Wildman–Crippen LogP) is 13.4. The average Bonchev–Trinajstić information content (AvgIpc) is 3.65. The van der Waals surface area contributed by atoms with Crippen molar-refractivity contribution in [2.45, 2.75) is 0 Å². The van der Waals surface area contributed by atoms with Gasteiger partial charge in [0.15, 0.2) is 17.5 Å². The number of fused-ring (bicyclic) bond motifs is 3. The minimum atomic E-state index is 0.584. The Bertz CT molecular complexity index is 2820. The van der Waals surface area contributed by atoms with Gasteiger partial charge in [-0.05, 0) is 68.8 Å². The van der Waals surface area contributed by atoms with Crippen molar-refractivity contribution in [1.82, 2.24) is 15.0 Å². The summed E-state index contributed by atoms with van der Waals surface area (Å²) in [4.78, 5) is 15.1. The molecule has 0 saturated carbocycles. The van der Waals surface area contributed by atoms with Crippen molar-refractivity contribution in [3.05, 3.63) is 200 Å². The summed E-state index contributed by atoms with van der Waals surface area (Å²) in [5.41, 5.74) is 13.6. The molecule has 0 aliphatic rings. The third-order valence-electron chi connectivity index (χ3n) is 10.2. The molecule has 0 N–H and O–H groups in total. The van der Waals surface area contributed by atoms with Gasteiger partial charge in [0.05, 0.1) is 0 Å². The van der Waals surface area contributed by atoms with Gasteiger partial charge in [-0.3, -0.25) is 0 Å². The van der Waals surface area contributed by atoms with Crippen molar-refractivity contribution >= 4 is 21.9 Å². The summed E-state index contributed by atoms with van der Waals surface area (Å²) in [5, 5.41) is 2.12. The molecule has 0 aliphatic carbocycles. The van der Waals surface area contributed by atoms with Crippen LogP contribution in [0.25, 0.3) is 101 Å². The number of furan rings is 1. The maximum absolute atomic E-state index is 6.45. The van der Waals surface area contributed by atoms with E-state index in [0.717, 1.165) is 72.0 Å². The standard InChI is InChI=1S/C51H33N3O/c1-4-10-34(11-5-1)37-16-18-40(19-17-37)43-29-31-47-46(32-43)45-30-28-44(33-48(45)55-47)51-53-49(41-24-20-38(21-25-41)35-12-6-2-7-13-35)52-50(54-51)42-26-22-39(23-27-42)36-14-8-3-9-15-36/h1-33H. The molecule has 4 nitrogen and oxygen atoms in total. The van der Waals surface area contributed by atoms with Gasteiger partial charge in [0.2, 0.25) is 0 Å². The van der Waals surface area contributed by atoms with E-state index in [2.05, 4.69) is 176 Å². The van der Waals surface area contributed by atoms with Crippen LogP contribution >= 0.6 is 0 Å². The Kier molecular flexibility index (Phi) is 8.12. The molecular weight excluding hydrogens is 671 g/mol. The molecule has 0 aliphatic heterocycles. The molecule has 10 rings (SSSR count). The molecule has 258 valence electrons. The highest BCUT2D eigenvalue weighted by Crippen LogP contribution is 2.36. The largest absolute Gasteiger partial charge is 0.456 e. The molecule has 0 unspecified atom stereocenters. The molecule has 0 amide bonds. The van der Waals surface area contributed by atoms with Gasteiger partial charge in [0.25, 0.3) is 0 Å². The van der Waals surface area contributed by atoms with Gasteiger partial charge in [-0.25, -0.2) is 15.0 Å². The van der Waals surface area contributed by atoms with Crippen LogP contribution in [-0.4, -0.2) is 15.0 Å². The van der Waals surface area contributed by atoms with Crippen molar-refractivity contribution < 1.29 is 4.42 Å². The van der Waals surface area contributed by atoms with E-state index in [9.17, 15) is 0 Å². The first-order chi connectivity index (χ1) is 27.2. The van der Waals surface area contributed by atoms with Gasteiger partial charge in [0.1, 0.15) is 11.2 Å². The molecule has 0 fully saturated rings. The first kappa shape index (κ1) is 32.2. The fourth-order valence-electron chi connectivity index (χ4n) is 7.23. The molecule has 0 radical (unpaired) electrons. The Balaban J connectivity index is 1.03. The Morgan fingerprint density at radius 1 is 0.236 bits per heavy atom. The van der Waals surface area contributed by atoms with E-state index < -0.39 is 0 Å². The number of nitrogens with zero attached hydrogens (tertiary/aromatic N) is 3. The fraction of sp³-hybridized carbons (Fsp3) is 0. The van der Waals surface area contributed by atoms with E-state index in [1.807, 2.05) is 24.3 Å². The lowest BCUT2D eigenvalue weighted by atomic mass is 9.99. The molecule has 8 aromatic carbocycles. The Morgan fingerprint density at radius 2 is 0.582 bits per heavy atom. The number of hydrogen-bond donors (Lipinski definition) is 0. The summed E-state index contributed by atoms with van der Waals surface area (Å²) in [6.07, 6.45) is 0. The molecular formula is C51H33N3O. The maximum Gasteiger partial charge on any atom is 0.164 e. The second-order valence-electron chi connectivity index (χ2n) is 13.7. The lowest BCUT2D eigenvalue weighted by Gasteiger charge is -2.10. The van der Waals surface area contributed by atoms with E-state index in [4.69, 9.17) is 19.4 Å². The van der Waals surface area contributed by atoms with Crippen LogP contribution in [0.3, 0.4) is 0 Å². The van der Waals surface area contributed by atoms with Crippen molar-refractivity contribution in [3.8, 4) is 78.7 Å². The van der Waals surface area contributed by atoms with Crippen LogP contribution < -0.4 is 0 Å². The zero-order valence-corrected chi connectivity index (χ0v) is 29.8. The van der Waals surface area contributed by atoms with Crippen molar-refractivity contribution in [2.75, 3.05) is 0 Å². The van der Waals surface area contributed by atoms with Crippen molar-refractivity contribution in [2.24, 2.45) is 0 Å². The van der Waals surface area contributed by atoms with E-state index in [0.29, 0.717) is 17.5 Å². The van der Waals surface area contributed by atoms with Crippen molar-refractivity contribution in [1.29, 1.82) is 0 Å². The van der Waals surface area contributed by atoms with E-state index >= 15 is 0 Å². The van der Waals surface area contributed by atoms with Crippen LogP contribution in [0.1, 0.15) is 0 Å². The highest BCUT2D eigenvalue weighted by molar-refractivity contribution is 6.07. The Labute approximate surface area is 319 Å². The van der Waals surface area contributed by atoms with Crippen LogP contribution in [0.2, 0.25) is 0 Å². The summed E-state index contributed by atoms with van der Waals surface area (Å²) in [6, 6.07) is 69.4. The first-order valence-corrected chi connectivity index (χ1v) is 18.4. The second kappa shape index (κ2) is 13.8. The summed E-state index contributed by atoms with van der Waals surface area (Å²) < 4.78 is 6.45. The highest BCUT2D eigenvalue weighted by Gasteiger charge is 2.16. The molecule has 0 bridgehead atoms. The van der Waals surface area contributed by atoms with Gasteiger partial charge in [-0.2, -0.15) is 0 Å². The van der Waals surface area contributed by atoms with Crippen LogP contribution in [0, 0.1) is 0 Å². The SMILES string of the molecule is c1ccc(-c2ccc(-c3ccc4oc5cc(-c6nc(-c7ccc(-c8ccccc8)cc7)nc(-c7ccc(-c8ccccc8)cc7)n6)ccc5c4c3)cc2)cc1. The average molecular weight is 704 g/mol. The summed E-state index contributed by atoms with van der Waals surface area (Å²) in [7, 11) is 0. The quantitative estimate of drug-likeness (QED) is 0.166. The topological polar surface area (TPSA) is 51.8 Å². The van der Waals surface area contributed by atoms with Crippen LogP contribution in [-0.2, 0) is 0 Å². The lowest BCUT2D eigenvalue weighted by molar-refractivity contribution is 0.669. The number of aromatic nitrogens is 3. The van der Waals surface area contributed by atoms with E-state index in [1.54, 1.807) is 0 Å². The minimum Gasteiger partial charge on any atom is -0.456 e. The first-order valence-electron chi connectivity index (χ1n) is 18.4. The smallest absolute Gasteiger partial charge is 0.164 e. The number of rotatable bonds is 7. The third kappa shape index (κ3) is 6.36. The predicted molar refractivity (Wildman–Crippen MR) is 225 cm³/mol. The molecule has 4 heteroatoms. The van der Waals surface area contributed by atoms with Crippen molar-refractivity contribution in [3.63, 3.8) is 0 Å². The molecule has 0 saturated heterocycles. The summed E-state index contributed by atoms with van der Waals surface area (Å²) in [6.45, 7) is 0. The molecule has 0 atom stereocenters. The molecule has 2 aromatic heterocycles. The fourth-order valence-corrected chi connectivity index (χ4v) is 7.23. The zero-order chi connectivity index (χ0) is 36.6. The number of benzene rings is 8. The minimum absolute atomic E-state index is 0.584. The van der Waals surface area contributed by atoms with E-state index in [-0.39, 0.29) is 0 Å². The number of hydrogen-bond acceptors (Lipinski definition) is 4. The van der Waals surface area contributed by atoms with E-state index in [1.165, 1.54) is 11.1 Å². The van der Waals surface area contributed by atoms with Gasteiger partial charge in [0, 0.05) is 27.5 Å². The van der Waals surface area contributed by atoms with Gasteiger partial charge in [-0.1, -0.05) is 176 Å². The normalized spacial score (nSPS) is 11.3. The zero-order valence-electron chi connectivity index (χ0n) is 29.8. The maximum atomic E-state index is 6.45. The van der Waals surface area contributed by atoms with Gasteiger partial charge in [-0.15, -0.1) is 0 Å². The Hall–Kier alpha value is -7.43. The van der Waals surface area contributed by atoms with Gasteiger partial charge < -0.3 is 4.42 Å². The summed E-state index contributed by atoms with van der Waals surface area (Å²) >= 11 is 0. The van der Waals surface area contributed by atoms with Crippen LogP contribution in [0.4, 0.5) is 0 Å². The summed E-state index contributed by atoms with van der Waals surface area (Å²) in [5.74, 6) is 1.81. The highest BCUT2D eigenvalue weighted by atomic mass is 16.3. The molecule has 0 spiro atoms. The Morgan fingerprint density at radius 3 is 1.04 bits per heavy atom. The van der Waals surface area contributed by atoms with Crippen LogP contribution in [0.5, 0.6) is 0 Å². The molecule has 2 heterocycles. The lowest BCUT2D eigenvalue weighted by Crippen LogP contribution is -2.00.